The molecule has 5 nitrogen and oxygen atoms in total. The molecule has 1 aromatic rings. The van der Waals surface area contributed by atoms with Crippen LogP contribution in [-0.4, -0.2) is 22.8 Å². The summed E-state index contributed by atoms with van der Waals surface area (Å²) in [4.78, 5) is 39.6. The number of unbranched alkanes of at least 4 members (excludes halogenated alkanes) is 3. The molecule has 1 heterocycles. The van der Waals surface area contributed by atoms with Gasteiger partial charge in [0.15, 0.2) is 0 Å². The van der Waals surface area contributed by atoms with Crippen LogP contribution >= 0.6 is 0 Å². The van der Waals surface area contributed by atoms with Crippen LogP contribution in [0.3, 0.4) is 0 Å². The summed E-state index contributed by atoms with van der Waals surface area (Å²) >= 11 is 0. The second-order valence-corrected chi connectivity index (χ2v) is 5.47. The average molecular weight is 303 g/mol. The fraction of sp³-hybridized carbons (Fsp3) is 0.471. The van der Waals surface area contributed by atoms with Gasteiger partial charge in [0.2, 0.25) is 0 Å². The van der Waals surface area contributed by atoms with E-state index in [0.717, 1.165) is 12.8 Å². The number of imide groups is 1. The summed E-state index contributed by atoms with van der Waals surface area (Å²) in [6.07, 6.45) is 5.97. The normalized spacial score (nSPS) is 14.5. The van der Waals surface area contributed by atoms with Crippen molar-refractivity contribution in [2.45, 2.75) is 51.9 Å². The predicted octanol–water partition coefficient (Wildman–Crippen LogP) is 3.03. The second kappa shape index (κ2) is 7.73. The highest BCUT2D eigenvalue weighted by Gasteiger charge is 2.33. The van der Waals surface area contributed by atoms with E-state index >= 15 is 0 Å². The van der Waals surface area contributed by atoms with Crippen LogP contribution in [0.5, 0.6) is 0 Å². The van der Waals surface area contributed by atoms with E-state index in [1.165, 1.54) is 24.8 Å². The topological polar surface area (TPSA) is 63.7 Å². The van der Waals surface area contributed by atoms with Crippen LogP contribution in [0.1, 0.15) is 61.4 Å². The molecule has 0 spiro atoms. The van der Waals surface area contributed by atoms with Crippen molar-refractivity contribution in [1.82, 2.24) is 5.06 Å². The molecule has 1 aliphatic heterocycles. The average Bonchev–Trinajstić information content (AvgIpc) is 2.84. The monoisotopic (exact) mass is 303 g/mol. The minimum Gasteiger partial charge on any atom is -0.325 e. The van der Waals surface area contributed by atoms with Crippen molar-refractivity contribution >= 4 is 17.8 Å². The number of nitrogens with zero attached hydrogens (tertiary/aromatic N) is 1. The Morgan fingerprint density at radius 3 is 2.27 bits per heavy atom. The summed E-state index contributed by atoms with van der Waals surface area (Å²) in [6.45, 7) is 2.18. The molecule has 118 valence electrons. The molecule has 0 aromatic heterocycles. The molecule has 0 saturated carbocycles. The highest BCUT2D eigenvalue weighted by atomic mass is 16.7. The Labute approximate surface area is 130 Å². The van der Waals surface area contributed by atoms with Crippen LogP contribution < -0.4 is 0 Å². The van der Waals surface area contributed by atoms with Gasteiger partial charge in [-0.25, -0.2) is 4.79 Å². The molecule has 1 fully saturated rings. The van der Waals surface area contributed by atoms with E-state index in [-0.39, 0.29) is 12.8 Å². The van der Waals surface area contributed by atoms with E-state index in [2.05, 4.69) is 6.92 Å². The fourth-order valence-electron chi connectivity index (χ4n) is 2.36. The van der Waals surface area contributed by atoms with Gasteiger partial charge in [-0.1, -0.05) is 38.3 Å². The second-order valence-electron chi connectivity index (χ2n) is 5.47. The Kier molecular flexibility index (Phi) is 5.69. The molecule has 2 amide bonds. The van der Waals surface area contributed by atoms with E-state index in [4.69, 9.17) is 4.84 Å². The van der Waals surface area contributed by atoms with Gasteiger partial charge >= 0.3 is 5.97 Å². The number of hydrogen-bond acceptors (Lipinski definition) is 4. The lowest BCUT2D eigenvalue weighted by Gasteiger charge is -2.12. The third kappa shape index (κ3) is 4.16. The van der Waals surface area contributed by atoms with Crippen molar-refractivity contribution in [3.8, 4) is 0 Å². The summed E-state index contributed by atoms with van der Waals surface area (Å²) in [6, 6.07) is 7.11. The number of hydroxylamine groups is 2. The summed E-state index contributed by atoms with van der Waals surface area (Å²) in [7, 11) is 0. The quantitative estimate of drug-likeness (QED) is 0.573. The zero-order valence-corrected chi connectivity index (χ0v) is 12.8. The van der Waals surface area contributed by atoms with Gasteiger partial charge in [0.25, 0.3) is 11.8 Å². The third-order valence-corrected chi connectivity index (χ3v) is 3.69. The van der Waals surface area contributed by atoms with Crippen molar-refractivity contribution in [2.75, 3.05) is 0 Å². The number of aryl methyl sites for hydroxylation is 1. The first kappa shape index (κ1) is 16.2. The van der Waals surface area contributed by atoms with Crippen molar-refractivity contribution in [1.29, 1.82) is 0 Å². The van der Waals surface area contributed by atoms with Crippen LogP contribution in [0.4, 0.5) is 0 Å². The van der Waals surface area contributed by atoms with Gasteiger partial charge in [-0.15, -0.1) is 5.06 Å². The van der Waals surface area contributed by atoms with Crippen molar-refractivity contribution in [3.63, 3.8) is 0 Å². The maximum absolute atomic E-state index is 11.9. The van der Waals surface area contributed by atoms with Crippen LogP contribution in [0.15, 0.2) is 24.3 Å². The third-order valence-electron chi connectivity index (χ3n) is 3.69. The summed E-state index contributed by atoms with van der Waals surface area (Å²) in [5, 5.41) is 0.570. The standard InChI is InChI=1S/C17H21NO4/c1-2-3-4-5-6-13-7-9-14(10-8-13)17(21)22-18-15(19)11-12-16(18)20/h7-10H,2-6,11-12H2,1H3. The Morgan fingerprint density at radius 2 is 1.68 bits per heavy atom. The number of benzene rings is 1. The molecule has 2 rings (SSSR count). The van der Waals surface area contributed by atoms with Crippen LogP contribution in [0.2, 0.25) is 0 Å². The van der Waals surface area contributed by atoms with Gasteiger partial charge in [-0.3, -0.25) is 9.59 Å². The molecular weight excluding hydrogens is 282 g/mol. The molecule has 1 aliphatic rings. The SMILES string of the molecule is CCCCCCc1ccc(C(=O)ON2C(=O)CCC2=O)cc1. The van der Waals surface area contributed by atoms with E-state index in [1.54, 1.807) is 12.1 Å². The summed E-state index contributed by atoms with van der Waals surface area (Å²) in [5.41, 5.74) is 1.51. The van der Waals surface area contributed by atoms with E-state index in [9.17, 15) is 14.4 Å². The van der Waals surface area contributed by atoms with E-state index < -0.39 is 17.8 Å². The van der Waals surface area contributed by atoms with Gasteiger partial charge in [0, 0.05) is 12.8 Å². The number of amides is 2. The van der Waals surface area contributed by atoms with Crippen molar-refractivity contribution in [3.05, 3.63) is 35.4 Å². The Bertz CT molecular complexity index is 534. The molecule has 0 aliphatic carbocycles. The largest absolute Gasteiger partial charge is 0.363 e. The zero-order chi connectivity index (χ0) is 15.9. The van der Waals surface area contributed by atoms with Crippen LogP contribution in [0, 0.1) is 0 Å². The number of hydrogen-bond donors (Lipinski definition) is 0. The predicted molar refractivity (Wildman–Crippen MR) is 80.8 cm³/mol. The molecule has 0 bridgehead atoms. The maximum Gasteiger partial charge on any atom is 0.363 e. The summed E-state index contributed by atoms with van der Waals surface area (Å²) in [5.74, 6) is -1.61. The number of rotatable bonds is 7. The minimum absolute atomic E-state index is 0.100. The fourth-order valence-corrected chi connectivity index (χ4v) is 2.36. The molecule has 0 atom stereocenters. The lowest BCUT2D eigenvalue weighted by Crippen LogP contribution is -2.32. The van der Waals surface area contributed by atoms with Gasteiger partial charge in [-0.2, -0.15) is 0 Å². The first-order valence-electron chi connectivity index (χ1n) is 7.79. The summed E-state index contributed by atoms with van der Waals surface area (Å²) < 4.78 is 0. The molecule has 0 radical (unpaired) electrons. The number of carbonyl (C=O) groups excluding carboxylic acids is 3. The Morgan fingerprint density at radius 1 is 1.05 bits per heavy atom. The van der Waals surface area contributed by atoms with Crippen molar-refractivity contribution < 1.29 is 19.2 Å². The van der Waals surface area contributed by atoms with Gasteiger partial charge in [0.05, 0.1) is 5.56 Å². The Hall–Kier alpha value is -2.17. The van der Waals surface area contributed by atoms with E-state index in [1.807, 2.05) is 12.1 Å². The van der Waals surface area contributed by atoms with Gasteiger partial charge in [-0.05, 0) is 30.5 Å². The van der Waals surface area contributed by atoms with Gasteiger partial charge in [0.1, 0.15) is 0 Å². The lowest BCUT2D eigenvalue weighted by molar-refractivity contribution is -0.172. The molecule has 0 unspecified atom stereocenters. The zero-order valence-electron chi connectivity index (χ0n) is 12.8. The molecule has 5 heteroatoms. The maximum atomic E-state index is 11.9. The number of carbonyl (C=O) groups is 3. The van der Waals surface area contributed by atoms with Crippen LogP contribution in [0.25, 0.3) is 0 Å². The smallest absolute Gasteiger partial charge is 0.325 e. The van der Waals surface area contributed by atoms with E-state index in [0.29, 0.717) is 10.6 Å². The van der Waals surface area contributed by atoms with Crippen molar-refractivity contribution in [2.24, 2.45) is 0 Å². The molecule has 1 saturated heterocycles. The highest BCUT2D eigenvalue weighted by Crippen LogP contribution is 2.15. The van der Waals surface area contributed by atoms with Gasteiger partial charge < -0.3 is 4.84 Å². The molecule has 22 heavy (non-hydrogen) atoms. The highest BCUT2D eigenvalue weighted by molar-refractivity contribution is 6.02. The first-order chi connectivity index (χ1) is 10.6. The first-order valence-corrected chi connectivity index (χ1v) is 7.79. The van der Waals surface area contributed by atoms with Crippen LogP contribution in [-0.2, 0) is 20.8 Å². The molecule has 1 aromatic carbocycles. The Balaban J connectivity index is 1.88. The minimum atomic E-state index is -0.680. The lowest BCUT2D eigenvalue weighted by atomic mass is 10.0. The molecule has 0 N–H and O–H groups in total. The molecular formula is C17H21NO4.